The van der Waals surface area contributed by atoms with Crippen molar-refractivity contribution in [1.29, 1.82) is 0 Å². The first kappa shape index (κ1) is 9.59. The molecule has 0 aromatic heterocycles. The Bertz CT molecular complexity index is 297. The molecule has 0 rings (SSSR count). The van der Waals surface area contributed by atoms with Crippen molar-refractivity contribution in [2.24, 2.45) is 15.5 Å². The minimum Gasteiger partial charge on any atom is -0.411 e. The van der Waals surface area contributed by atoms with Gasteiger partial charge in [-0.1, -0.05) is 15.5 Å². The molecule has 0 bridgehead atoms. The van der Waals surface area contributed by atoms with Gasteiger partial charge in [0.15, 0.2) is 0 Å². The number of oxime groups is 3. The van der Waals surface area contributed by atoms with Crippen LogP contribution >= 0.6 is 0 Å². The predicted molar refractivity (Wildman–Crippen MR) is 61.1 cm³/mol. The zero-order valence-electron chi connectivity index (χ0n) is 12.6. The third-order valence-electron chi connectivity index (χ3n) is 1.82. The first-order chi connectivity index (χ1) is 9.03. The molecule has 0 aliphatic rings. The van der Waals surface area contributed by atoms with Gasteiger partial charge in [0.2, 0.25) is 0 Å². The van der Waals surface area contributed by atoms with Crippen LogP contribution in [-0.2, 0) is 0 Å². The SMILES string of the molecule is [2H]O/N=C(/C)CN(C/C(C)=N\O[2H])C/C(C)=N/O[2H]. The maximum atomic E-state index is 6.55. The first-order valence-electron chi connectivity index (χ1n) is 5.95. The number of rotatable bonds is 9. The third-order valence-corrected chi connectivity index (χ3v) is 1.82. The molecular weight excluding hydrogens is 212 g/mol. The molecule has 0 atom stereocenters. The van der Waals surface area contributed by atoms with Crippen LogP contribution in [0.4, 0.5) is 0 Å². The highest BCUT2D eigenvalue weighted by Gasteiger charge is 2.10. The van der Waals surface area contributed by atoms with Crippen LogP contribution in [-0.4, -0.2) is 57.3 Å². The van der Waals surface area contributed by atoms with Crippen molar-refractivity contribution in [1.82, 2.24) is 4.90 Å². The van der Waals surface area contributed by atoms with E-state index in [4.69, 9.17) is 4.29 Å². The van der Waals surface area contributed by atoms with Gasteiger partial charge < -0.3 is 15.6 Å². The molecule has 7 nitrogen and oxygen atoms in total. The van der Waals surface area contributed by atoms with E-state index in [-0.39, 0.29) is 0 Å². The van der Waals surface area contributed by atoms with Crippen LogP contribution in [0.3, 0.4) is 0 Å². The molecular formula is C9H18N4O3. The molecule has 0 aromatic carbocycles. The molecule has 0 aromatic rings. The average molecular weight is 233 g/mol. The van der Waals surface area contributed by atoms with E-state index in [1.807, 2.05) is 4.90 Å². The second kappa shape index (κ2) is 7.63. The molecule has 0 unspecified atom stereocenters. The maximum Gasteiger partial charge on any atom is 0.330 e. The van der Waals surface area contributed by atoms with Crippen molar-refractivity contribution >= 4 is 17.1 Å². The molecule has 0 fully saturated rings. The fourth-order valence-corrected chi connectivity index (χ4v) is 1.23. The second-order valence-corrected chi connectivity index (χ2v) is 3.62. The van der Waals surface area contributed by atoms with Crippen molar-refractivity contribution in [2.45, 2.75) is 20.8 Å². The Hall–Kier alpha value is -1.63. The summed E-state index contributed by atoms with van der Waals surface area (Å²) in [5.41, 5.74) is 1.78. The molecule has 0 spiro atoms. The van der Waals surface area contributed by atoms with Crippen LogP contribution in [0.2, 0.25) is 4.29 Å². The summed E-state index contributed by atoms with van der Waals surface area (Å²) in [7, 11) is 0. The molecule has 7 heteroatoms. The Morgan fingerprint density at radius 2 is 1.19 bits per heavy atom. The lowest BCUT2D eigenvalue weighted by Gasteiger charge is -2.20. The lowest BCUT2D eigenvalue weighted by atomic mass is 10.3. The predicted octanol–water partition coefficient (Wildman–Crippen LogP) is 0.839. The average Bonchev–Trinajstić information content (AvgIpc) is 2.29. The van der Waals surface area contributed by atoms with Crippen LogP contribution in [0.15, 0.2) is 15.5 Å². The van der Waals surface area contributed by atoms with Crippen molar-refractivity contribution in [3.63, 3.8) is 0 Å². The minimum atomic E-state index is 0.411. The molecule has 0 saturated heterocycles. The van der Waals surface area contributed by atoms with Crippen molar-refractivity contribution in [3.8, 4) is 0 Å². The molecule has 0 heterocycles. The van der Waals surface area contributed by atoms with E-state index < -0.39 is 0 Å². The third kappa shape index (κ3) is 5.97. The number of nitrogens with zero attached hydrogens (tertiary/aromatic N) is 4. The van der Waals surface area contributed by atoms with Gasteiger partial charge in [-0.15, -0.1) is 0 Å². The monoisotopic (exact) mass is 233 g/mol. The van der Waals surface area contributed by atoms with Crippen LogP contribution in [0.5, 0.6) is 0 Å². The van der Waals surface area contributed by atoms with E-state index in [0.29, 0.717) is 36.8 Å². The normalized spacial score (nSPS) is 16.5. The Morgan fingerprint density at radius 1 is 0.875 bits per heavy atom. The molecule has 0 aliphatic carbocycles. The van der Waals surface area contributed by atoms with Gasteiger partial charge in [0.25, 0.3) is 0 Å². The molecule has 0 saturated carbocycles. The van der Waals surface area contributed by atoms with Crippen LogP contribution in [0, 0.1) is 0 Å². The fourth-order valence-electron chi connectivity index (χ4n) is 1.23. The zero-order chi connectivity index (χ0) is 14.7. The molecule has 0 radical (unpaired) electrons. The summed E-state index contributed by atoms with van der Waals surface area (Å²) in [6, 6.07) is 0. The lowest BCUT2D eigenvalue weighted by molar-refractivity contribution is 0.300. The Kier molecular flexibility index (Phi) is 4.57. The van der Waals surface area contributed by atoms with Gasteiger partial charge in [-0.2, -0.15) is 0 Å². The van der Waals surface area contributed by atoms with E-state index >= 15 is 0 Å². The summed E-state index contributed by atoms with van der Waals surface area (Å²) >= 11 is 0. The van der Waals surface area contributed by atoms with E-state index in [9.17, 15) is 0 Å². The van der Waals surface area contributed by atoms with Gasteiger partial charge in [-0.3, -0.25) is 4.90 Å². The van der Waals surface area contributed by atoms with Crippen molar-refractivity contribution in [3.05, 3.63) is 0 Å². The fraction of sp³-hybridized carbons (Fsp3) is 0.667. The summed E-state index contributed by atoms with van der Waals surface area (Å²) in [4.78, 5) is 1.87. The number of hydrogen-bond donors (Lipinski definition) is 3. The highest BCUT2D eigenvalue weighted by atomic mass is 16.4. The second-order valence-electron chi connectivity index (χ2n) is 3.62. The van der Waals surface area contributed by atoms with Crippen LogP contribution < -0.4 is 0 Å². The molecule has 3 N–H and O–H groups in total. The highest BCUT2D eigenvalue weighted by molar-refractivity contribution is 5.88. The van der Waals surface area contributed by atoms with E-state index in [1.54, 1.807) is 20.8 Å². The Morgan fingerprint density at radius 3 is 1.44 bits per heavy atom. The summed E-state index contributed by atoms with van der Waals surface area (Å²) in [5, 5.41) is 22.3. The zero-order valence-corrected chi connectivity index (χ0v) is 9.63. The largest absolute Gasteiger partial charge is 0.411 e. The summed E-state index contributed by atoms with van der Waals surface area (Å²) < 4.78 is 19.6. The van der Waals surface area contributed by atoms with Crippen LogP contribution in [0.25, 0.3) is 0 Å². The van der Waals surface area contributed by atoms with Gasteiger partial charge in [0.05, 0.1) is 17.1 Å². The molecule has 0 aliphatic heterocycles. The highest BCUT2D eigenvalue weighted by Crippen LogP contribution is 1.94. The van der Waals surface area contributed by atoms with Gasteiger partial charge in [-0.25, -0.2) is 0 Å². The summed E-state index contributed by atoms with van der Waals surface area (Å²) in [6.07, 6.45) is 0. The molecule has 16 heavy (non-hydrogen) atoms. The lowest BCUT2D eigenvalue weighted by Crippen LogP contribution is -2.36. The number of hydrogen-bond acceptors (Lipinski definition) is 7. The van der Waals surface area contributed by atoms with E-state index in [1.165, 1.54) is 0 Å². The smallest absolute Gasteiger partial charge is 0.330 e. The quantitative estimate of drug-likeness (QED) is 0.312. The van der Waals surface area contributed by atoms with Gasteiger partial charge in [0.1, 0.15) is 0 Å². The van der Waals surface area contributed by atoms with Crippen molar-refractivity contribution < 1.29 is 19.9 Å². The van der Waals surface area contributed by atoms with Gasteiger partial charge >= 0.3 is 4.29 Å². The van der Waals surface area contributed by atoms with Crippen molar-refractivity contribution in [2.75, 3.05) is 19.6 Å². The Balaban J connectivity index is 4.68. The first-order valence-corrected chi connectivity index (χ1v) is 4.73. The molecule has 92 valence electrons. The molecule has 0 amide bonds. The Labute approximate surface area is 98.8 Å². The summed E-state index contributed by atoms with van der Waals surface area (Å²) in [5.74, 6) is 0. The van der Waals surface area contributed by atoms with E-state index in [0.717, 1.165) is 0 Å². The van der Waals surface area contributed by atoms with Gasteiger partial charge in [0, 0.05) is 19.6 Å². The van der Waals surface area contributed by atoms with Crippen LogP contribution in [0.1, 0.15) is 20.8 Å². The summed E-state index contributed by atoms with van der Waals surface area (Å²) in [6.45, 7) is 6.37. The standard InChI is InChI=1S/C9H18N4O3/c1-7(10-14)4-13(5-8(2)11-15)6-9(3)12-16/h14-16H,4-6H2,1-3H3/b10-7-,11-8-,12-9+/i/hD3. The topological polar surface area (TPSA) is 101 Å². The maximum absolute atomic E-state index is 6.55. The minimum absolute atomic E-state index is 0.411. The van der Waals surface area contributed by atoms with E-state index in [2.05, 4.69) is 31.1 Å². The van der Waals surface area contributed by atoms with Gasteiger partial charge in [-0.05, 0) is 20.8 Å².